The summed E-state index contributed by atoms with van der Waals surface area (Å²) in [5.74, 6) is 0.267. The highest BCUT2D eigenvalue weighted by Gasteiger charge is 2.00. The molecule has 0 unspecified atom stereocenters. The molecule has 0 amide bonds. The molecule has 0 rings (SSSR count). The summed E-state index contributed by atoms with van der Waals surface area (Å²) in [5, 5.41) is 3.12. The van der Waals surface area contributed by atoms with Crippen LogP contribution in [0, 0.1) is 5.92 Å². The van der Waals surface area contributed by atoms with Gasteiger partial charge in [-0.15, -0.1) is 0 Å². The third kappa shape index (κ3) is 7.68. The van der Waals surface area contributed by atoms with Crippen molar-refractivity contribution < 1.29 is 9.53 Å². The van der Waals surface area contributed by atoms with Crippen LogP contribution in [0.15, 0.2) is 12.2 Å². The zero-order chi connectivity index (χ0) is 10.1. The second-order valence-electron chi connectivity index (χ2n) is 3.16. The van der Waals surface area contributed by atoms with E-state index >= 15 is 0 Å². The van der Waals surface area contributed by atoms with Crippen LogP contribution in [0.25, 0.3) is 0 Å². The van der Waals surface area contributed by atoms with Gasteiger partial charge in [0.2, 0.25) is 0 Å². The molecule has 0 aromatic heterocycles. The molecule has 3 heteroatoms. The van der Waals surface area contributed by atoms with E-state index < -0.39 is 0 Å². The van der Waals surface area contributed by atoms with Gasteiger partial charge in [-0.05, 0) is 6.08 Å². The number of rotatable bonds is 7. The second kappa shape index (κ2) is 7.95. The van der Waals surface area contributed by atoms with E-state index in [1.54, 1.807) is 13.2 Å². The van der Waals surface area contributed by atoms with E-state index in [1.807, 2.05) is 19.9 Å². The maximum atomic E-state index is 11.1. The lowest BCUT2D eigenvalue weighted by Gasteiger charge is -1.99. The molecule has 0 saturated heterocycles. The molecule has 0 aliphatic carbocycles. The molecule has 0 atom stereocenters. The van der Waals surface area contributed by atoms with Crippen molar-refractivity contribution in [1.82, 2.24) is 5.32 Å². The van der Waals surface area contributed by atoms with Gasteiger partial charge in [-0.25, -0.2) is 0 Å². The fourth-order valence-electron chi connectivity index (χ4n) is 0.727. The summed E-state index contributed by atoms with van der Waals surface area (Å²) in [6.07, 6.45) is 3.47. The number of hydrogen-bond acceptors (Lipinski definition) is 3. The maximum Gasteiger partial charge on any atom is 0.157 e. The number of carbonyl (C=O) groups is 1. The molecule has 0 radical (unpaired) electrons. The summed E-state index contributed by atoms with van der Waals surface area (Å²) in [7, 11) is 1.67. The van der Waals surface area contributed by atoms with Crippen LogP contribution in [0.1, 0.15) is 13.8 Å². The highest BCUT2D eigenvalue weighted by atomic mass is 16.5. The average Bonchev–Trinajstić information content (AvgIpc) is 2.10. The van der Waals surface area contributed by atoms with Crippen LogP contribution in [-0.2, 0) is 9.53 Å². The number of carbonyl (C=O) groups excluding carboxylic acids is 1. The minimum atomic E-state index is 0.0928. The Balaban J connectivity index is 3.36. The smallest absolute Gasteiger partial charge is 0.157 e. The Bertz CT molecular complexity index is 164. The highest BCUT2D eigenvalue weighted by molar-refractivity contribution is 5.91. The SMILES string of the molecule is COCCNC/C=C/C(=O)C(C)C. The average molecular weight is 185 g/mol. The molecular formula is C10H19NO2. The fraction of sp³-hybridized carbons (Fsp3) is 0.700. The fourth-order valence-corrected chi connectivity index (χ4v) is 0.727. The van der Waals surface area contributed by atoms with Crippen LogP contribution < -0.4 is 5.32 Å². The predicted octanol–water partition coefficient (Wildman–Crippen LogP) is 1.00. The Hall–Kier alpha value is -0.670. The number of hydrogen-bond donors (Lipinski definition) is 1. The Labute approximate surface area is 80.2 Å². The molecule has 0 aliphatic heterocycles. The van der Waals surface area contributed by atoms with E-state index in [2.05, 4.69) is 5.32 Å². The first kappa shape index (κ1) is 12.3. The van der Waals surface area contributed by atoms with Crippen molar-refractivity contribution in [3.05, 3.63) is 12.2 Å². The van der Waals surface area contributed by atoms with Crippen molar-refractivity contribution in [3.63, 3.8) is 0 Å². The van der Waals surface area contributed by atoms with Gasteiger partial charge >= 0.3 is 0 Å². The first-order valence-corrected chi connectivity index (χ1v) is 4.58. The monoisotopic (exact) mass is 185 g/mol. The summed E-state index contributed by atoms with van der Waals surface area (Å²) in [4.78, 5) is 11.1. The Morgan fingerprint density at radius 2 is 2.23 bits per heavy atom. The van der Waals surface area contributed by atoms with Crippen LogP contribution >= 0.6 is 0 Å². The Morgan fingerprint density at radius 3 is 2.77 bits per heavy atom. The zero-order valence-corrected chi connectivity index (χ0v) is 8.67. The molecule has 0 aromatic carbocycles. The number of allylic oxidation sites excluding steroid dienone is 1. The third-order valence-corrected chi connectivity index (χ3v) is 1.60. The van der Waals surface area contributed by atoms with Crippen LogP contribution in [0.3, 0.4) is 0 Å². The molecule has 0 spiro atoms. The van der Waals surface area contributed by atoms with Crippen molar-refractivity contribution in [3.8, 4) is 0 Å². The number of methoxy groups -OCH3 is 1. The van der Waals surface area contributed by atoms with E-state index in [0.29, 0.717) is 6.61 Å². The quantitative estimate of drug-likeness (QED) is 0.475. The first-order valence-electron chi connectivity index (χ1n) is 4.58. The van der Waals surface area contributed by atoms with Gasteiger partial charge in [-0.3, -0.25) is 4.79 Å². The summed E-state index contributed by atoms with van der Waals surface area (Å²) in [5.41, 5.74) is 0. The summed E-state index contributed by atoms with van der Waals surface area (Å²) in [6, 6.07) is 0. The van der Waals surface area contributed by atoms with Gasteiger partial charge in [0.1, 0.15) is 0 Å². The summed E-state index contributed by atoms with van der Waals surface area (Å²) in [6.45, 7) is 6.03. The molecule has 0 aromatic rings. The van der Waals surface area contributed by atoms with Crippen LogP contribution in [0.4, 0.5) is 0 Å². The Kier molecular flexibility index (Phi) is 7.54. The van der Waals surface area contributed by atoms with Crippen molar-refractivity contribution >= 4 is 5.78 Å². The summed E-state index contributed by atoms with van der Waals surface area (Å²) < 4.78 is 4.85. The number of ketones is 1. The van der Waals surface area contributed by atoms with Gasteiger partial charge < -0.3 is 10.1 Å². The van der Waals surface area contributed by atoms with Crippen LogP contribution in [0.5, 0.6) is 0 Å². The van der Waals surface area contributed by atoms with Crippen LogP contribution in [-0.4, -0.2) is 32.6 Å². The lowest BCUT2D eigenvalue weighted by atomic mass is 10.1. The van der Waals surface area contributed by atoms with Gasteiger partial charge in [-0.2, -0.15) is 0 Å². The van der Waals surface area contributed by atoms with E-state index in [4.69, 9.17) is 4.74 Å². The standard InChI is InChI=1S/C10H19NO2/c1-9(2)10(12)5-4-6-11-7-8-13-3/h4-5,9,11H,6-8H2,1-3H3/b5-4+. The van der Waals surface area contributed by atoms with Crippen molar-refractivity contribution in [2.45, 2.75) is 13.8 Å². The number of nitrogens with one attached hydrogen (secondary N) is 1. The minimum Gasteiger partial charge on any atom is -0.383 e. The molecule has 1 N–H and O–H groups in total. The van der Waals surface area contributed by atoms with E-state index in [0.717, 1.165) is 13.1 Å². The van der Waals surface area contributed by atoms with Crippen molar-refractivity contribution in [1.29, 1.82) is 0 Å². The molecule has 0 aliphatic rings. The Morgan fingerprint density at radius 1 is 1.54 bits per heavy atom. The van der Waals surface area contributed by atoms with Crippen molar-refractivity contribution in [2.24, 2.45) is 5.92 Å². The molecule has 3 nitrogen and oxygen atoms in total. The van der Waals surface area contributed by atoms with E-state index in [9.17, 15) is 4.79 Å². The maximum absolute atomic E-state index is 11.1. The van der Waals surface area contributed by atoms with Gasteiger partial charge in [0.15, 0.2) is 5.78 Å². The van der Waals surface area contributed by atoms with E-state index in [-0.39, 0.29) is 11.7 Å². The predicted molar refractivity (Wildman–Crippen MR) is 53.7 cm³/mol. The molecule has 76 valence electrons. The molecule has 0 bridgehead atoms. The second-order valence-corrected chi connectivity index (χ2v) is 3.16. The van der Waals surface area contributed by atoms with Gasteiger partial charge in [0, 0.05) is 26.1 Å². The largest absolute Gasteiger partial charge is 0.383 e. The van der Waals surface area contributed by atoms with Gasteiger partial charge in [0.25, 0.3) is 0 Å². The summed E-state index contributed by atoms with van der Waals surface area (Å²) >= 11 is 0. The molecule has 0 heterocycles. The first-order chi connectivity index (χ1) is 6.18. The van der Waals surface area contributed by atoms with E-state index in [1.165, 1.54) is 0 Å². The van der Waals surface area contributed by atoms with Gasteiger partial charge in [0.05, 0.1) is 6.61 Å². The minimum absolute atomic E-state index is 0.0928. The lowest BCUT2D eigenvalue weighted by Crippen LogP contribution is -2.19. The zero-order valence-electron chi connectivity index (χ0n) is 8.67. The molecule has 13 heavy (non-hydrogen) atoms. The number of ether oxygens (including phenoxy) is 1. The topological polar surface area (TPSA) is 38.3 Å². The lowest BCUT2D eigenvalue weighted by molar-refractivity contribution is -0.117. The van der Waals surface area contributed by atoms with Gasteiger partial charge in [-0.1, -0.05) is 19.9 Å². The molecular weight excluding hydrogens is 166 g/mol. The van der Waals surface area contributed by atoms with Crippen LogP contribution in [0.2, 0.25) is 0 Å². The molecule has 0 saturated carbocycles. The van der Waals surface area contributed by atoms with Crippen molar-refractivity contribution in [2.75, 3.05) is 26.8 Å². The normalized spacial score (nSPS) is 11.4. The molecule has 0 fully saturated rings. The third-order valence-electron chi connectivity index (χ3n) is 1.60. The highest BCUT2D eigenvalue weighted by Crippen LogP contribution is 1.94.